The maximum absolute atomic E-state index is 10.6. The first-order chi connectivity index (χ1) is 10.7. The minimum atomic E-state index is -0.839. The summed E-state index contributed by atoms with van der Waals surface area (Å²) in [5.41, 5.74) is 4.24. The van der Waals surface area contributed by atoms with E-state index in [0.717, 1.165) is 38.3 Å². The Bertz CT molecular complexity index is 513. The number of fused-ring (bicyclic) bond motifs is 1. The van der Waals surface area contributed by atoms with E-state index in [0.29, 0.717) is 26.3 Å². The minimum Gasteiger partial charge on any atom is -0.385 e. The minimum absolute atomic E-state index is 0.376. The van der Waals surface area contributed by atoms with E-state index in [4.69, 9.17) is 4.74 Å². The first-order valence-corrected chi connectivity index (χ1v) is 8.06. The molecule has 0 spiro atoms. The molecule has 0 radical (unpaired) electrons. The van der Waals surface area contributed by atoms with Crippen LogP contribution in [0.25, 0.3) is 0 Å². The number of nitrogens with one attached hydrogen (secondary N) is 3. The van der Waals surface area contributed by atoms with Crippen molar-refractivity contribution in [3.8, 4) is 0 Å². The van der Waals surface area contributed by atoms with E-state index in [9.17, 15) is 5.11 Å². The largest absolute Gasteiger partial charge is 0.385 e. The molecule has 1 aromatic rings. The average molecular weight is 306 g/mol. The van der Waals surface area contributed by atoms with E-state index in [-0.39, 0.29) is 0 Å². The van der Waals surface area contributed by atoms with Crippen molar-refractivity contribution in [2.45, 2.75) is 32.0 Å². The first kappa shape index (κ1) is 15.8. The highest BCUT2D eigenvalue weighted by Gasteiger charge is 2.28. The van der Waals surface area contributed by atoms with Crippen molar-refractivity contribution >= 4 is 0 Å². The quantitative estimate of drug-likeness (QED) is 0.599. The lowest BCUT2D eigenvalue weighted by Crippen LogP contribution is -2.50. The van der Waals surface area contributed by atoms with Gasteiger partial charge in [0, 0.05) is 44.6 Å². The molecule has 1 aromatic heterocycles. The number of rotatable bonds is 4. The molecule has 3 rings (SSSR count). The second-order valence-electron chi connectivity index (χ2n) is 6.31. The Morgan fingerprint density at radius 2 is 2.32 bits per heavy atom. The number of β-amino-alcohol motifs (C(OH)–C–C–N with tert-alkyl or cyclic N) is 1. The van der Waals surface area contributed by atoms with Crippen LogP contribution in [0.2, 0.25) is 0 Å². The third-order valence-corrected chi connectivity index (χ3v) is 4.47. The fourth-order valence-corrected chi connectivity index (χ4v) is 3.19. The summed E-state index contributed by atoms with van der Waals surface area (Å²) in [7, 11) is 0. The molecule has 122 valence electrons. The molecule has 6 nitrogen and oxygen atoms in total. The van der Waals surface area contributed by atoms with Crippen molar-refractivity contribution in [3.05, 3.63) is 28.6 Å². The Hall–Kier alpha value is -1.05. The molecular weight excluding hydrogens is 280 g/mol. The molecule has 22 heavy (non-hydrogen) atoms. The molecule has 0 saturated carbocycles. The van der Waals surface area contributed by atoms with Gasteiger partial charge in [-0.3, -0.25) is 4.98 Å². The lowest BCUT2D eigenvalue weighted by Gasteiger charge is -2.27. The number of hydrogen-bond acceptors (Lipinski definition) is 6. The van der Waals surface area contributed by atoms with Gasteiger partial charge in [0.2, 0.25) is 0 Å². The van der Waals surface area contributed by atoms with Crippen molar-refractivity contribution in [3.63, 3.8) is 0 Å². The second kappa shape index (κ2) is 7.02. The van der Waals surface area contributed by atoms with Gasteiger partial charge in [-0.15, -0.1) is 0 Å². The van der Waals surface area contributed by atoms with Crippen LogP contribution in [0.5, 0.6) is 0 Å². The maximum Gasteiger partial charge on any atom is 0.113 e. The summed E-state index contributed by atoms with van der Waals surface area (Å²) in [5, 5.41) is 20.6. The van der Waals surface area contributed by atoms with Gasteiger partial charge in [0.25, 0.3) is 0 Å². The predicted molar refractivity (Wildman–Crippen MR) is 84.7 cm³/mol. The monoisotopic (exact) mass is 306 g/mol. The van der Waals surface area contributed by atoms with Crippen LogP contribution in [0.1, 0.15) is 22.4 Å². The third-order valence-electron chi connectivity index (χ3n) is 4.47. The van der Waals surface area contributed by atoms with Crippen LogP contribution in [-0.2, 0) is 24.2 Å². The van der Waals surface area contributed by atoms with Crippen molar-refractivity contribution < 1.29 is 9.84 Å². The number of pyridine rings is 1. The summed E-state index contributed by atoms with van der Waals surface area (Å²) in [6.45, 7) is 7.63. The molecule has 0 aromatic carbocycles. The smallest absolute Gasteiger partial charge is 0.113 e. The van der Waals surface area contributed by atoms with E-state index < -0.39 is 5.60 Å². The fraction of sp³-hybridized carbons (Fsp3) is 0.688. The molecule has 2 aliphatic rings. The zero-order valence-corrected chi connectivity index (χ0v) is 13.2. The van der Waals surface area contributed by atoms with Crippen molar-refractivity contribution in [1.29, 1.82) is 0 Å². The van der Waals surface area contributed by atoms with Gasteiger partial charge in [-0.25, -0.2) is 0 Å². The van der Waals surface area contributed by atoms with E-state index in [1.807, 2.05) is 6.20 Å². The van der Waals surface area contributed by atoms with E-state index >= 15 is 0 Å². The average Bonchev–Trinajstić information content (AvgIpc) is 2.74. The number of nitrogens with zero attached hydrogens (tertiary/aromatic N) is 1. The van der Waals surface area contributed by atoms with Gasteiger partial charge in [-0.1, -0.05) is 0 Å². The predicted octanol–water partition coefficient (Wildman–Crippen LogP) is -0.524. The SMILES string of the molecule is Cc1ncc2c(c1CNC[C@@]1(O)CNCCOC1)CCNC2. The maximum atomic E-state index is 10.6. The van der Waals surface area contributed by atoms with Gasteiger partial charge < -0.3 is 25.8 Å². The van der Waals surface area contributed by atoms with Gasteiger partial charge in [-0.2, -0.15) is 0 Å². The van der Waals surface area contributed by atoms with Crippen molar-refractivity contribution in [2.75, 3.05) is 39.4 Å². The normalized spacial score (nSPS) is 25.5. The van der Waals surface area contributed by atoms with Gasteiger partial charge in [0.15, 0.2) is 0 Å². The number of aromatic nitrogens is 1. The molecule has 3 heterocycles. The van der Waals surface area contributed by atoms with Crippen LogP contribution in [0.4, 0.5) is 0 Å². The Kier molecular flexibility index (Phi) is 5.05. The van der Waals surface area contributed by atoms with Gasteiger partial charge >= 0.3 is 0 Å². The number of hydrogen-bond donors (Lipinski definition) is 4. The molecule has 0 amide bonds. The Morgan fingerprint density at radius 3 is 3.23 bits per heavy atom. The zero-order chi connectivity index (χ0) is 15.4. The molecule has 1 atom stereocenters. The number of ether oxygens (including phenoxy) is 1. The summed E-state index contributed by atoms with van der Waals surface area (Å²) < 4.78 is 5.45. The van der Waals surface area contributed by atoms with Gasteiger partial charge in [0.1, 0.15) is 5.60 Å². The van der Waals surface area contributed by atoms with Crippen LogP contribution < -0.4 is 16.0 Å². The molecular formula is C16H26N4O2. The highest BCUT2D eigenvalue weighted by Crippen LogP contribution is 2.20. The van der Waals surface area contributed by atoms with E-state index in [2.05, 4.69) is 27.9 Å². The highest BCUT2D eigenvalue weighted by molar-refractivity contribution is 5.37. The summed E-state index contributed by atoms with van der Waals surface area (Å²) in [4.78, 5) is 4.51. The molecule has 1 saturated heterocycles. The molecule has 0 bridgehead atoms. The summed E-state index contributed by atoms with van der Waals surface area (Å²) in [6, 6.07) is 0. The molecule has 2 aliphatic heterocycles. The topological polar surface area (TPSA) is 78.4 Å². The lowest BCUT2D eigenvalue weighted by molar-refractivity contribution is -0.0264. The van der Waals surface area contributed by atoms with E-state index in [1.54, 1.807) is 0 Å². The summed E-state index contributed by atoms with van der Waals surface area (Å²) in [5.74, 6) is 0. The van der Waals surface area contributed by atoms with Gasteiger partial charge in [-0.05, 0) is 36.6 Å². The highest BCUT2D eigenvalue weighted by atomic mass is 16.5. The van der Waals surface area contributed by atoms with Crippen LogP contribution in [0, 0.1) is 6.92 Å². The Balaban J connectivity index is 1.64. The second-order valence-corrected chi connectivity index (χ2v) is 6.31. The van der Waals surface area contributed by atoms with Crippen LogP contribution in [-0.4, -0.2) is 55.1 Å². The molecule has 0 unspecified atom stereocenters. The van der Waals surface area contributed by atoms with E-state index in [1.165, 1.54) is 16.7 Å². The number of aliphatic hydroxyl groups is 1. The Labute approximate surface area is 131 Å². The lowest BCUT2D eigenvalue weighted by atomic mass is 9.95. The molecule has 6 heteroatoms. The molecule has 4 N–H and O–H groups in total. The summed E-state index contributed by atoms with van der Waals surface area (Å²) in [6.07, 6.45) is 3.03. The third kappa shape index (κ3) is 3.64. The fourth-order valence-electron chi connectivity index (χ4n) is 3.19. The molecule has 0 aliphatic carbocycles. The Morgan fingerprint density at radius 1 is 1.41 bits per heavy atom. The zero-order valence-electron chi connectivity index (χ0n) is 13.2. The first-order valence-electron chi connectivity index (χ1n) is 8.06. The van der Waals surface area contributed by atoms with Gasteiger partial charge in [0.05, 0.1) is 13.2 Å². The van der Waals surface area contributed by atoms with Crippen molar-refractivity contribution in [1.82, 2.24) is 20.9 Å². The summed E-state index contributed by atoms with van der Waals surface area (Å²) >= 11 is 0. The van der Waals surface area contributed by atoms with Crippen LogP contribution in [0.15, 0.2) is 6.20 Å². The number of aryl methyl sites for hydroxylation is 1. The van der Waals surface area contributed by atoms with Crippen LogP contribution in [0.3, 0.4) is 0 Å². The van der Waals surface area contributed by atoms with Crippen molar-refractivity contribution in [2.24, 2.45) is 0 Å². The van der Waals surface area contributed by atoms with Crippen LogP contribution >= 0.6 is 0 Å². The molecule has 1 fully saturated rings. The standard InChI is InChI=1S/C16H26N4O2/c1-12-15(14-2-3-17-6-13(14)7-20-12)8-19-10-16(21)9-18-4-5-22-11-16/h7,17-19,21H,2-6,8-11H2,1H3/t16-/m0/s1.